The molecule has 1 aromatic rings. The van der Waals surface area contributed by atoms with Gasteiger partial charge in [0.2, 0.25) is 0 Å². The molecule has 0 aromatic carbocycles. The summed E-state index contributed by atoms with van der Waals surface area (Å²) in [5.74, 6) is 0. The maximum atomic E-state index is 5.06. The Labute approximate surface area is 97.2 Å². The Kier molecular flexibility index (Phi) is 5.15. The predicted molar refractivity (Wildman–Crippen MR) is 63.3 cm³/mol. The van der Waals surface area contributed by atoms with E-state index < -0.39 is 0 Å². The molecule has 1 saturated heterocycles. The highest BCUT2D eigenvalue weighted by atomic mass is 35.5. The lowest BCUT2D eigenvalue weighted by molar-refractivity contribution is 0.194. The third-order valence-corrected chi connectivity index (χ3v) is 2.98. The fourth-order valence-electron chi connectivity index (χ4n) is 2.02. The molecule has 0 unspecified atom stereocenters. The fraction of sp³-hybridized carbons (Fsp3) is 0.636. The molecule has 0 spiro atoms. The van der Waals surface area contributed by atoms with Crippen molar-refractivity contribution in [2.75, 3.05) is 20.1 Å². The predicted octanol–water partition coefficient (Wildman–Crippen LogP) is 1.89. The summed E-state index contributed by atoms with van der Waals surface area (Å²) in [6, 6.07) is 2.76. The molecule has 0 radical (unpaired) electrons. The highest BCUT2D eigenvalue weighted by Crippen LogP contribution is 2.13. The molecule has 1 N–H and O–H groups in total. The van der Waals surface area contributed by atoms with Crippen LogP contribution in [0.4, 0.5) is 0 Å². The second-order valence-electron chi connectivity index (χ2n) is 3.97. The van der Waals surface area contributed by atoms with Crippen molar-refractivity contribution in [2.45, 2.75) is 25.4 Å². The van der Waals surface area contributed by atoms with Gasteiger partial charge in [0.15, 0.2) is 0 Å². The van der Waals surface area contributed by atoms with E-state index in [-0.39, 0.29) is 12.4 Å². The summed E-state index contributed by atoms with van der Waals surface area (Å²) in [6.07, 6.45) is 6.10. The van der Waals surface area contributed by atoms with E-state index >= 15 is 0 Å². The smallest absolute Gasteiger partial charge is 0.0947 e. The molecule has 0 amide bonds. The van der Waals surface area contributed by atoms with Crippen LogP contribution in [0, 0.1) is 0 Å². The molecule has 1 aliphatic rings. The zero-order valence-corrected chi connectivity index (χ0v) is 9.93. The number of nitrogens with one attached hydrogen (secondary N) is 1. The monoisotopic (exact) mass is 230 g/mol. The number of furan rings is 1. The number of likely N-dealkylation sites (tertiary alicyclic amines) is 1. The quantitative estimate of drug-likeness (QED) is 0.860. The number of hydrogen-bond donors (Lipinski definition) is 1. The first-order chi connectivity index (χ1) is 6.88. The van der Waals surface area contributed by atoms with Gasteiger partial charge in [0.25, 0.3) is 0 Å². The minimum absolute atomic E-state index is 0. The van der Waals surface area contributed by atoms with Gasteiger partial charge in [-0.1, -0.05) is 0 Å². The van der Waals surface area contributed by atoms with Crippen LogP contribution in [0.3, 0.4) is 0 Å². The van der Waals surface area contributed by atoms with E-state index in [9.17, 15) is 0 Å². The Morgan fingerprint density at radius 1 is 1.47 bits per heavy atom. The van der Waals surface area contributed by atoms with Crippen molar-refractivity contribution < 1.29 is 4.42 Å². The highest BCUT2D eigenvalue weighted by Gasteiger charge is 2.17. The SMILES string of the molecule is CNC1CCN(Cc2ccoc2)CC1.Cl. The van der Waals surface area contributed by atoms with Crippen molar-refractivity contribution in [3.63, 3.8) is 0 Å². The minimum atomic E-state index is 0. The Morgan fingerprint density at radius 2 is 2.20 bits per heavy atom. The number of nitrogens with zero attached hydrogens (tertiary/aromatic N) is 1. The van der Waals surface area contributed by atoms with Crippen LogP contribution in [0.25, 0.3) is 0 Å². The average Bonchev–Trinajstić information content (AvgIpc) is 2.72. The van der Waals surface area contributed by atoms with Crippen molar-refractivity contribution in [3.8, 4) is 0 Å². The summed E-state index contributed by atoms with van der Waals surface area (Å²) in [6.45, 7) is 3.42. The van der Waals surface area contributed by atoms with E-state index in [1.807, 2.05) is 12.3 Å². The molecule has 0 saturated carbocycles. The van der Waals surface area contributed by atoms with Crippen molar-refractivity contribution >= 4 is 12.4 Å². The van der Waals surface area contributed by atoms with Gasteiger partial charge in [0.05, 0.1) is 12.5 Å². The number of hydrogen-bond acceptors (Lipinski definition) is 3. The van der Waals surface area contributed by atoms with E-state index in [2.05, 4.69) is 17.3 Å². The Morgan fingerprint density at radius 3 is 2.73 bits per heavy atom. The van der Waals surface area contributed by atoms with Gasteiger partial charge in [-0.2, -0.15) is 0 Å². The molecule has 1 aromatic heterocycles. The van der Waals surface area contributed by atoms with Crippen molar-refractivity contribution in [1.29, 1.82) is 0 Å². The average molecular weight is 231 g/mol. The topological polar surface area (TPSA) is 28.4 Å². The summed E-state index contributed by atoms with van der Waals surface area (Å²) >= 11 is 0. The first kappa shape index (κ1) is 12.6. The molecule has 4 heteroatoms. The van der Waals surface area contributed by atoms with Crippen LogP contribution in [-0.2, 0) is 6.54 Å². The third kappa shape index (κ3) is 3.52. The molecular weight excluding hydrogens is 212 g/mol. The molecule has 3 nitrogen and oxygen atoms in total. The van der Waals surface area contributed by atoms with E-state index in [1.165, 1.54) is 31.5 Å². The number of halogens is 1. The van der Waals surface area contributed by atoms with Crippen LogP contribution < -0.4 is 5.32 Å². The summed E-state index contributed by atoms with van der Waals surface area (Å²) in [5, 5.41) is 3.34. The molecule has 0 atom stereocenters. The van der Waals surface area contributed by atoms with Crippen LogP contribution in [0.2, 0.25) is 0 Å². The zero-order valence-electron chi connectivity index (χ0n) is 9.11. The van der Waals surface area contributed by atoms with Crippen molar-refractivity contribution in [3.05, 3.63) is 24.2 Å². The summed E-state index contributed by atoms with van der Waals surface area (Å²) in [5.41, 5.74) is 1.29. The molecule has 2 rings (SSSR count). The highest BCUT2D eigenvalue weighted by molar-refractivity contribution is 5.85. The van der Waals surface area contributed by atoms with Crippen molar-refractivity contribution in [1.82, 2.24) is 10.2 Å². The van der Waals surface area contributed by atoms with Crippen LogP contribution in [0.5, 0.6) is 0 Å². The Bertz CT molecular complexity index is 256. The van der Waals surface area contributed by atoms with Gasteiger partial charge in [0, 0.05) is 18.2 Å². The first-order valence-corrected chi connectivity index (χ1v) is 5.29. The second-order valence-corrected chi connectivity index (χ2v) is 3.97. The lowest BCUT2D eigenvalue weighted by Gasteiger charge is -2.31. The molecule has 0 bridgehead atoms. The normalized spacial score (nSPS) is 18.7. The number of rotatable bonds is 3. The first-order valence-electron chi connectivity index (χ1n) is 5.29. The Hall–Kier alpha value is -0.510. The molecule has 0 aliphatic carbocycles. The van der Waals surface area contributed by atoms with Crippen molar-refractivity contribution in [2.24, 2.45) is 0 Å². The molecule has 1 fully saturated rings. The van der Waals surface area contributed by atoms with Gasteiger partial charge in [0.1, 0.15) is 0 Å². The van der Waals surface area contributed by atoms with E-state index in [1.54, 1.807) is 6.26 Å². The van der Waals surface area contributed by atoms with E-state index in [4.69, 9.17) is 4.42 Å². The molecular formula is C11H19ClN2O. The van der Waals surface area contributed by atoms with Gasteiger partial charge >= 0.3 is 0 Å². The molecule has 15 heavy (non-hydrogen) atoms. The molecule has 1 aliphatic heterocycles. The van der Waals surface area contributed by atoms with Crippen LogP contribution in [0.1, 0.15) is 18.4 Å². The molecule has 86 valence electrons. The summed E-state index contributed by atoms with van der Waals surface area (Å²) in [4.78, 5) is 2.48. The van der Waals surface area contributed by atoms with Gasteiger partial charge < -0.3 is 9.73 Å². The van der Waals surface area contributed by atoms with E-state index in [0.29, 0.717) is 0 Å². The maximum absolute atomic E-state index is 5.06. The zero-order chi connectivity index (χ0) is 9.80. The lowest BCUT2D eigenvalue weighted by Crippen LogP contribution is -2.40. The van der Waals surface area contributed by atoms with Gasteiger partial charge in [-0.15, -0.1) is 12.4 Å². The number of piperidine rings is 1. The third-order valence-electron chi connectivity index (χ3n) is 2.98. The fourth-order valence-corrected chi connectivity index (χ4v) is 2.02. The summed E-state index contributed by atoms with van der Waals surface area (Å²) in [7, 11) is 2.05. The largest absolute Gasteiger partial charge is 0.472 e. The lowest BCUT2D eigenvalue weighted by atomic mass is 10.1. The second kappa shape index (κ2) is 6.16. The maximum Gasteiger partial charge on any atom is 0.0947 e. The van der Waals surface area contributed by atoms with Crippen LogP contribution >= 0.6 is 12.4 Å². The van der Waals surface area contributed by atoms with E-state index in [0.717, 1.165) is 12.6 Å². The van der Waals surface area contributed by atoms with Gasteiger partial charge in [-0.05, 0) is 39.0 Å². The standard InChI is InChI=1S/C11H18N2O.ClH/c1-12-11-2-5-13(6-3-11)8-10-4-7-14-9-10;/h4,7,9,11-12H,2-3,5-6,8H2,1H3;1H. The van der Waals surface area contributed by atoms with Gasteiger partial charge in [-0.3, -0.25) is 4.90 Å². The van der Waals surface area contributed by atoms with Crippen LogP contribution in [0.15, 0.2) is 23.0 Å². The minimum Gasteiger partial charge on any atom is -0.472 e. The molecule has 2 heterocycles. The van der Waals surface area contributed by atoms with Crippen LogP contribution in [-0.4, -0.2) is 31.1 Å². The summed E-state index contributed by atoms with van der Waals surface area (Å²) < 4.78 is 5.06. The Balaban J connectivity index is 0.00000112. The van der Waals surface area contributed by atoms with Gasteiger partial charge in [-0.25, -0.2) is 0 Å².